The van der Waals surface area contributed by atoms with Gasteiger partial charge in [-0.1, -0.05) is 0 Å². The highest BCUT2D eigenvalue weighted by molar-refractivity contribution is 5.30. The number of pyridine rings is 1. The van der Waals surface area contributed by atoms with E-state index in [2.05, 4.69) is 4.98 Å². The van der Waals surface area contributed by atoms with Gasteiger partial charge in [-0.25, -0.2) is 0 Å². The SMILES string of the molecule is COc1ccc(C)nc1C(C)N. The lowest BCUT2D eigenvalue weighted by Crippen LogP contribution is -2.09. The van der Waals surface area contributed by atoms with E-state index < -0.39 is 0 Å². The summed E-state index contributed by atoms with van der Waals surface area (Å²) >= 11 is 0. The van der Waals surface area contributed by atoms with Crippen molar-refractivity contribution in [3.05, 3.63) is 23.5 Å². The van der Waals surface area contributed by atoms with Gasteiger partial charge in [0.15, 0.2) is 0 Å². The van der Waals surface area contributed by atoms with Crippen LogP contribution in [-0.2, 0) is 0 Å². The van der Waals surface area contributed by atoms with Gasteiger partial charge >= 0.3 is 0 Å². The van der Waals surface area contributed by atoms with Crippen LogP contribution < -0.4 is 10.5 Å². The van der Waals surface area contributed by atoms with E-state index in [1.807, 2.05) is 26.0 Å². The number of nitrogens with zero attached hydrogens (tertiary/aromatic N) is 1. The molecule has 0 bridgehead atoms. The highest BCUT2D eigenvalue weighted by Gasteiger charge is 2.08. The standard InChI is InChI=1S/C9H14N2O/c1-6-4-5-8(12-3)9(11-6)7(2)10/h4-5,7H,10H2,1-3H3. The van der Waals surface area contributed by atoms with Crippen LogP contribution in [0.3, 0.4) is 0 Å². The third-order valence-corrected chi connectivity index (χ3v) is 1.68. The number of hydrogen-bond donors (Lipinski definition) is 1. The first-order valence-corrected chi connectivity index (χ1v) is 3.92. The average Bonchev–Trinajstić information content (AvgIpc) is 2.04. The molecule has 0 saturated carbocycles. The molecule has 0 aliphatic heterocycles. The molecule has 0 aliphatic carbocycles. The van der Waals surface area contributed by atoms with E-state index >= 15 is 0 Å². The Morgan fingerprint density at radius 3 is 2.67 bits per heavy atom. The van der Waals surface area contributed by atoms with Crippen molar-refractivity contribution >= 4 is 0 Å². The zero-order valence-corrected chi connectivity index (χ0v) is 7.66. The van der Waals surface area contributed by atoms with E-state index in [1.54, 1.807) is 7.11 Å². The molecule has 3 nitrogen and oxygen atoms in total. The van der Waals surface area contributed by atoms with Gasteiger partial charge in [-0.2, -0.15) is 0 Å². The highest BCUT2D eigenvalue weighted by Crippen LogP contribution is 2.20. The molecule has 0 spiro atoms. The van der Waals surface area contributed by atoms with Crippen LogP contribution in [0.1, 0.15) is 24.4 Å². The zero-order chi connectivity index (χ0) is 9.14. The Morgan fingerprint density at radius 2 is 2.17 bits per heavy atom. The maximum atomic E-state index is 5.72. The van der Waals surface area contributed by atoms with E-state index in [9.17, 15) is 0 Å². The summed E-state index contributed by atoms with van der Waals surface area (Å²) in [6.07, 6.45) is 0. The molecule has 0 aromatic carbocycles. The molecular weight excluding hydrogens is 152 g/mol. The Bertz CT molecular complexity index is 271. The largest absolute Gasteiger partial charge is 0.495 e. The minimum Gasteiger partial charge on any atom is -0.495 e. The number of nitrogens with two attached hydrogens (primary N) is 1. The molecule has 1 atom stereocenters. The molecule has 0 radical (unpaired) electrons. The third kappa shape index (κ3) is 1.74. The number of methoxy groups -OCH3 is 1. The minimum atomic E-state index is -0.0835. The molecule has 0 aliphatic rings. The van der Waals surface area contributed by atoms with Crippen molar-refractivity contribution in [2.45, 2.75) is 19.9 Å². The van der Waals surface area contributed by atoms with Crippen LogP contribution in [0.5, 0.6) is 5.75 Å². The number of aryl methyl sites for hydroxylation is 1. The summed E-state index contributed by atoms with van der Waals surface area (Å²) in [5.41, 5.74) is 7.49. The Labute approximate surface area is 72.6 Å². The number of ether oxygens (including phenoxy) is 1. The van der Waals surface area contributed by atoms with Crippen molar-refractivity contribution < 1.29 is 4.74 Å². The van der Waals surface area contributed by atoms with Crippen molar-refractivity contribution in [1.29, 1.82) is 0 Å². The number of hydrogen-bond acceptors (Lipinski definition) is 3. The fraction of sp³-hybridized carbons (Fsp3) is 0.444. The summed E-state index contributed by atoms with van der Waals surface area (Å²) in [7, 11) is 1.62. The summed E-state index contributed by atoms with van der Waals surface area (Å²) in [6.45, 7) is 3.83. The maximum absolute atomic E-state index is 5.72. The summed E-state index contributed by atoms with van der Waals surface area (Å²) in [4.78, 5) is 4.29. The molecule has 1 heterocycles. The monoisotopic (exact) mass is 166 g/mol. The molecule has 0 amide bonds. The second-order valence-electron chi connectivity index (χ2n) is 2.83. The van der Waals surface area contributed by atoms with E-state index in [0.29, 0.717) is 0 Å². The Balaban J connectivity index is 3.12. The summed E-state index contributed by atoms with van der Waals surface area (Å²) in [5.74, 6) is 0.760. The molecule has 1 aromatic heterocycles. The van der Waals surface area contributed by atoms with Gasteiger partial charge in [-0.15, -0.1) is 0 Å². The van der Waals surface area contributed by atoms with E-state index in [4.69, 9.17) is 10.5 Å². The van der Waals surface area contributed by atoms with Gasteiger partial charge in [0.05, 0.1) is 12.8 Å². The summed E-state index contributed by atoms with van der Waals surface area (Å²) < 4.78 is 5.12. The van der Waals surface area contributed by atoms with Gasteiger partial charge in [0.2, 0.25) is 0 Å². The summed E-state index contributed by atoms with van der Waals surface area (Å²) in [5, 5.41) is 0. The first-order valence-electron chi connectivity index (χ1n) is 3.92. The number of aromatic nitrogens is 1. The van der Waals surface area contributed by atoms with Gasteiger partial charge in [0.25, 0.3) is 0 Å². The molecule has 66 valence electrons. The first-order chi connectivity index (χ1) is 5.65. The van der Waals surface area contributed by atoms with Gasteiger partial charge < -0.3 is 10.5 Å². The maximum Gasteiger partial charge on any atom is 0.141 e. The smallest absolute Gasteiger partial charge is 0.141 e. The van der Waals surface area contributed by atoms with Crippen LogP contribution in [0.15, 0.2) is 12.1 Å². The fourth-order valence-corrected chi connectivity index (χ4v) is 1.06. The molecule has 1 rings (SSSR count). The Kier molecular flexibility index (Phi) is 2.65. The molecule has 1 unspecified atom stereocenters. The van der Waals surface area contributed by atoms with Crippen molar-refractivity contribution in [2.24, 2.45) is 5.73 Å². The van der Waals surface area contributed by atoms with E-state index in [-0.39, 0.29) is 6.04 Å². The fourth-order valence-electron chi connectivity index (χ4n) is 1.06. The molecule has 0 fully saturated rings. The van der Waals surface area contributed by atoms with E-state index in [1.165, 1.54) is 0 Å². The Hall–Kier alpha value is -1.09. The topological polar surface area (TPSA) is 48.1 Å². The third-order valence-electron chi connectivity index (χ3n) is 1.68. The minimum absolute atomic E-state index is 0.0835. The van der Waals surface area contributed by atoms with Crippen LogP contribution in [-0.4, -0.2) is 12.1 Å². The lowest BCUT2D eigenvalue weighted by molar-refractivity contribution is 0.403. The molecule has 1 aromatic rings. The van der Waals surface area contributed by atoms with Gasteiger partial charge in [0, 0.05) is 11.7 Å². The summed E-state index contributed by atoms with van der Waals surface area (Å²) in [6, 6.07) is 3.71. The van der Waals surface area contributed by atoms with Crippen LogP contribution in [0, 0.1) is 6.92 Å². The van der Waals surface area contributed by atoms with Gasteiger partial charge in [-0.3, -0.25) is 4.98 Å². The van der Waals surface area contributed by atoms with E-state index in [0.717, 1.165) is 17.1 Å². The van der Waals surface area contributed by atoms with Crippen molar-refractivity contribution in [1.82, 2.24) is 4.98 Å². The van der Waals surface area contributed by atoms with Crippen molar-refractivity contribution in [3.8, 4) is 5.75 Å². The molecule has 12 heavy (non-hydrogen) atoms. The van der Waals surface area contributed by atoms with Gasteiger partial charge in [0.1, 0.15) is 5.75 Å². The number of rotatable bonds is 2. The molecule has 3 heteroatoms. The predicted molar refractivity (Wildman–Crippen MR) is 48.1 cm³/mol. The lowest BCUT2D eigenvalue weighted by atomic mass is 10.2. The second kappa shape index (κ2) is 3.54. The Morgan fingerprint density at radius 1 is 1.50 bits per heavy atom. The predicted octanol–water partition coefficient (Wildman–Crippen LogP) is 1.42. The first kappa shape index (κ1) is 9.00. The average molecular weight is 166 g/mol. The quantitative estimate of drug-likeness (QED) is 0.722. The second-order valence-corrected chi connectivity index (χ2v) is 2.83. The molecule has 2 N–H and O–H groups in total. The van der Waals surface area contributed by atoms with Crippen molar-refractivity contribution in [3.63, 3.8) is 0 Å². The van der Waals surface area contributed by atoms with Crippen LogP contribution >= 0.6 is 0 Å². The lowest BCUT2D eigenvalue weighted by Gasteiger charge is -2.10. The highest BCUT2D eigenvalue weighted by atomic mass is 16.5. The molecular formula is C9H14N2O. The van der Waals surface area contributed by atoms with Crippen LogP contribution in [0.25, 0.3) is 0 Å². The van der Waals surface area contributed by atoms with Crippen LogP contribution in [0.4, 0.5) is 0 Å². The van der Waals surface area contributed by atoms with Crippen LogP contribution in [0.2, 0.25) is 0 Å². The zero-order valence-electron chi connectivity index (χ0n) is 7.66. The molecule has 0 saturated heterocycles. The van der Waals surface area contributed by atoms with Gasteiger partial charge in [-0.05, 0) is 26.0 Å². The normalized spacial score (nSPS) is 12.7. The van der Waals surface area contributed by atoms with Crippen molar-refractivity contribution in [2.75, 3.05) is 7.11 Å².